The van der Waals surface area contributed by atoms with Gasteiger partial charge in [0.15, 0.2) is 4.73 Å². The first-order valence-electron chi connectivity index (χ1n) is 7.98. The van der Waals surface area contributed by atoms with E-state index in [2.05, 4.69) is 20.9 Å². The molecule has 0 aromatic carbocycles. The van der Waals surface area contributed by atoms with Crippen LogP contribution in [-0.2, 0) is 9.59 Å². The van der Waals surface area contributed by atoms with Crippen LogP contribution in [0.1, 0.15) is 18.7 Å². The maximum absolute atomic E-state index is 12.4. The standard InChI is InChI=1S/C16H16BrN3O4S2/c1-5-8(7-4-19-14(26-7)12(25-3)18-16(19)17)11(15(23)24)20-10(5)9(6(2)21)13(20)22/h4-6,9-10,21H,1-3H3,(H,23,24)/t5-,6+,9+,10+/m0/s1. The number of hydrogen-bond acceptors (Lipinski definition) is 6. The number of rotatable bonds is 4. The fraction of sp³-hybridized carbons (Fsp3) is 0.438. The lowest BCUT2D eigenvalue weighted by Crippen LogP contribution is -2.63. The molecule has 1 fully saturated rings. The van der Waals surface area contributed by atoms with Gasteiger partial charge in [-0.2, -0.15) is 0 Å². The minimum absolute atomic E-state index is 0.0312. The summed E-state index contributed by atoms with van der Waals surface area (Å²) < 4.78 is 2.54. The Morgan fingerprint density at radius 3 is 2.77 bits per heavy atom. The van der Waals surface area contributed by atoms with Crippen molar-refractivity contribution in [1.29, 1.82) is 0 Å². The molecule has 0 aliphatic carbocycles. The zero-order valence-corrected chi connectivity index (χ0v) is 17.4. The van der Waals surface area contributed by atoms with Gasteiger partial charge in [0, 0.05) is 17.7 Å². The molecule has 4 rings (SSSR count). The highest BCUT2D eigenvalue weighted by atomic mass is 79.9. The van der Waals surface area contributed by atoms with E-state index in [1.807, 2.05) is 23.8 Å². The number of aromatic nitrogens is 2. The lowest BCUT2D eigenvalue weighted by Gasteiger charge is -2.46. The zero-order valence-electron chi connectivity index (χ0n) is 14.1. The zero-order chi connectivity index (χ0) is 18.9. The number of carbonyl (C=O) groups is 2. The molecular weight excluding hydrogens is 442 g/mol. The molecule has 2 N–H and O–H groups in total. The third-order valence-corrected chi connectivity index (χ3v) is 7.57. The molecule has 7 nitrogen and oxygen atoms in total. The first-order chi connectivity index (χ1) is 12.3. The average molecular weight is 458 g/mol. The van der Waals surface area contributed by atoms with E-state index < -0.39 is 18.0 Å². The van der Waals surface area contributed by atoms with Gasteiger partial charge in [0.1, 0.15) is 15.6 Å². The van der Waals surface area contributed by atoms with Crippen molar-refractivity contribution in [1.82, 2.24) is 14.3 Å². The van der Waals surface area contributed by atoms with Crippen LogP contribution in [0.25, 0.3) is 10.4 Å². The number of β-lactam (4-membered cyclic amide) rings is 1. The molecule has 2 aromatic rings. The van der Waals surface area contributed by atoms with Crippen LogP contribution in [-0.4, -0.2) is 54.8 Å². The molecule has 2 aliphatic heterocycles. The van der Waals surface area contributed by atoms with Crippen LogP contribution in [0.15, 0.2) is 21.7 Å². The summed E-state index contributed by atoms with van der Waals surface area (Å²) >= 11 is 6.41. The largest absolute Gasteiger partial charge is 0.477 e. The summed E-state index contributed by atoms with van der Waals surface area (Å²) in [4.78, 5) is 31.9. The number of carbonyl (C=O) groups excluding carboxylic acids is 1. The molecule has 0 saturated carbocycles. The van der Waals surface area contributed by atoms with Crippen molar-refractivity contribution < 1.29 is 19.8 Å². The number of amides is 1. The smallest absolute Gasteiger partial charge is 0.352 e. The number of nitrogens with zero attached hydrogens (tertiary/aromatic N) is 3. The monoisotopic (exact) mass is 457 g/mol. The Balaban J connectivity index is 1.87. The SMILES string of the molecule is CSc1nc(Br)n2cc(C3=C(C(=O)O)N4C(=O)[C@H]([C@@H](C)O)[C@H]4[C@H]3C)sc12. The first kappa shape index (κ1) is 18.0. The topological polar surface area (TPSA) is 95.1 Å². The van der Waals surface area contributed by atoms with Gasteiger partial charge in [0.2, 0.25) is 5.91 Å². The summed E-state index contributed by atoms with van der Waals surface area (Å²) in [5, 5.41) is 20.6. The third-order valence-electron chi connectivity index (χ3n) is 5.08. The minimum atomic E-state index is -1.12. The number of carboxylic acid groups (broad SMARTS) is 1. The van der Waals surface area contributed by atoms with Crippen LogP contribution >= 0.6 is 39.0 Å². The van der Waals surface area contributed by atoms with Crippen molar-refractivity contribution in [2.75, 3.05) is 6.26 Å². The first-order valence-corrected chi connectivity index (χ1v) is 10.8. The summed E-state index contributed by atoms with van der Waals surface area (Å²) in [5.74, 6) is -2.17. The Hall–Kier alpha value is -1.36. The van der Waals surface area contributed by atoms with E-state index in [4.69, 9.17) is 0 Å². The van der Waals surface area contributed by atoms with Gasteiger partial charge in [-0.15, -0.1) is 23.1 Å². The fourth-order valence-corrected chi connectivity index (χ4v) is 6.62. The number of fused-ring (bicyclic) bond motifs is 2. The number of aliphatic hydroxyl groups is 1. The normalized spacial score (nSPS) is 26.4. The molecular formula is C16H16BrN3O4S2. The van der Waals surface area contributed by atoms with Crippen molar-refractivity contribution in [3.05, 3.63) is 21.5 Å². The third kappa shape index (κ3) is 2.25. The number of halogens is 1. The van der Waals surface area contributed by atoms with Crippen LogP contribution in [0, 0.1) is 11.8 Å². The van der Waals surface area contributed by atoms with Gasteiger partial charge in [-0.1, -0.05) is 6.92 Å². The molecule has 4 heterocycles. The summed E-state index contributed by atoms with van der Waals surface area (Å²) in [7, 11) is 0. The Labute approximate surface area is 165 Å². The molecule has 26 heavy (non-hydrogen) atoms. The van der Waals surface area contributed by atoms with Crippen molar-refractivity contribution >= 4 is 61.3 Å². The van der Waals surface area contributed by atoms with Gasteiger partial charge >= 0.3 is 5.97 Å². The molecule has 2 aliphatic rings. The lowest BCUT2D eigenvalue weighted by molar-refractivity contribution is -0.163. The number of hydrogen-bond donors (Lipinski definition) is 2. The van der Waals surface area contributed by atoms with Crippen LogP contribution in [0.5, 0.6) is 0 Å². The number of aliphatic hydroxyl groups excluding tert-OH is 1. The minimum Gasteiger partial charge on any atom is -0.477 e. The lowest BCUT2D eigenvalue weighted by atomic mass is 9.77. The highest BCUT2D eigenvalue weighted by Gasteiger charge is 2.60. The van der Waals surface area contributed by atoms with E-state index in [-0.39, 0.29) is 23.6 Å². The fourth-order valence-electron chi connectivity index (χ4n) is 3.98. The summed E-state index contributed by atoms with van der Waals surface area (Å²) in [6.07, 6.45) is 2.99. The van der Waals surface area contributed by atoms with E-state index >= 15 is 0 Å². The maximum atomic E-state index is 12.4. The molecule has 0 bridgehead atoms. The van der Waals surface area contributed by atoms with E-state index in [1.54, 1.807) is 6.92 Å². The summed E-state index contributed by atoms with van der Waals surface area (Å²) in [6.45, 7) is 3.50. The van der Waals surface area contributed by atoms with Crippen molar-refractivity contribution in [2.45, 2.75) is 31.0 Å². The van der Waals surface area contributed by atoms with E-state index in [1.165, 1.54) is 28.0 Å². The molecule has 0 radical (unpaired) electrons. The van der Waals surface area contributed by atoms with Gasteiger partial charge < -0.3 is 15.1 Å². The second-order valence-corrected chi connectivity index (χ2v) is 9.02. The maximum Gasteiger partial charge on any atom is 0.352 e. The molecule has 1 saturated heterocycles. The van der Waals surface area contributed by atoms with Gasteiger partial charge in [0.25, 0.3) is 0 Å². The van der Waals surface area contributed by atoms with Crippen molar-refractivity contribution in [2.24, 2.45) is 11.8 Å². The molecule has 1 amide bonds. The predicted octanol–water partition coefficient (Wildman–Crippen LogP) is 2.53. The van der Waals surface area contributed by atoms with Gasteiger partial charge in [-0.25, -0.2) is 9.78 Å². The molecule has 0 spiro atoms. The quantitative estimate of drug-likeness (QED) is 0.540. The van der Waals surface area contributed by atoms with Gasteiger partial charge in [-0.3, -0.25) is 9.20 Å². The highest BCUT2D eigenvalue weighted by Crippen LogP contribution is 2.51. The number of thiazole rings is 1. The van der Waals surface area contributed by atoms with E-state index in [9.17, 15) is 19.8 Å². The Morgan fingerprint density at radius 1 is 1.50 bits per heavy atom. The van der Waals surface area contributed by atoms with Crippen LogP contribution < -0.4 is 0 Å². The molecule has 4 atom stereocenters. The number of imidazole rings is 1. The Kier molecular flexibility index (Phi) is 4.22. The second kappa shape index (κ2) is 6.08. The average Bonchev–Trinajstić information content (AvgIpc) is 3.17. The van der Waals surface area contributed by atoms with Gasteiger partial charge in [-0.05, 0) is 29.1 Å². The molecule has 138 valence electrons. The number of aliphatic carboxylic acids is 1. The van der Waals surface area contributed by atoms with Gasteiger partial charge in [0.05, 0.1) is 22.9 Å². The summed E-state index contributed by atoms with van der Waals surface area (Å²) in [5.41, 5.74) is 0.676. The number of carboxylic acids is 1. The van der Waals surface area contributed by atoms with Crippen LogP contribution in [0.3, 0.4) is 0 Å². The Morgan fingerprint density at radius 2 is 2.19 bits per heavy atom. The van der Waals surface area contributed by atoms with Crippen molar-refractivity contribution in [3.63, 3.8) is 0 Å². The van der Waals surface area contributed by atoms with E-state index in [0.717, 1.165) is 14.7 Å². The van der Waals surface area contributed by atoms with Crippen LogP contribution in [0.2, 0.25) is 0 Å². The predicted molar refractivity (Wildman–Crippen MR) is 102 cm³/mol. The highest BCUT2D eigenvalue weighted by molar-refractivity contribution is 9.10. The van der Waals surface area contributed by atoms with Crippen molar-refractivity contribution in [3.8, 4) is 0 Å². The summed E-state index contributed by atoms with van der Waals surface area (Å²) in [6, 6.07) is -0.313. The Bertz CT molecular complexity index is 980. The van der Waals surface area contributed by atoms with E-state index in [0.29, 0.717) is 10.3 Å². The van der Waals surface area contributed by atoms with Crippen LogP contribution in [0.4, 0.5) is 0 Å². The molecule has 10 heteroatoms. The molecule has 2 aromatic heterocycles. The molecule has 0 unspecified atom stereocenters. The number of thioether (sulfide) groups is 1. The second-order valence-electron chi connectivity index (χ2n) is 6.48.